The van der Waals surface area contributed by atoms with E-state index in [1.165, 1.54) is 31.4 Å². The number of halogens is 2. The third-order valence-corrected chi connectivity index (χ3v) is 5.71. The van der Waals surface area contributed by atoms with Crippen LogP contribution in [0.4, 0.5) is 8.78 Å². The first kappa shape index (κ1) is 18.0. The van der Waals surface area contributed by atoms with Crippen molar-refractivity contribution in [2.75, 3.05) is 19.8 Å². The van der Waals surface area contributed by atoms with E-state index < -0.39 is 12.5 Å². The van der Waals surface area contributed by atoms with Crippen LogP contribution in [-0.4, -0.2) is 50.7 Å². The molecule has 8 heteroatoms. The number of hydrogen-bond acceptors (Lipinski definition) is 4. The lowest BCUT2D eigenvalue weighted by Gasteiger charge is -2.18. The molecule has 2 aromatic rings. The van der Waals surface area contributed by atoms with Gasteiger partial charge in [0.1, 0.15) is 17.3 Å². The molecule has 144 valence electrons. The largest absolute Gasteiger partial charge is 0.336 e. The molecular weight excluding hydrogens is 352 g/mol. The molecule has 2 atom stereocenters. The first-order valence-corrected chi connectivity index (χ1v) is 9.54. The summed E-state index contributed by atoms with van der Waals surface area (Å²) >= 11 is 0. The SMILES string of the molecule is O=C(c1ccc(F)cn1)N1C[C@@H](CF)[C@H](c2nc(C3CCCCC3)n[nH]2)C1. The molecule has 0 radical (unpaired) electrons. The van der Waals surface area contributed by atoms with E-state index in [4.69, 9.17) is 0 Å². The third-order valence-electron chi connectivity index (χ3n) is 5.71. The number of alkyl halides is 1. The highest BCUT2D eigenvalue weighted by molar-refractivity contribution is 5.92. The number of carbonyl (C=O) groups is 1. The van der Waals surface area contributed by atoms with E-state index in [1.807, 2.05) is 0 Å². The molecular formula is C19H23F2N5O. The number of hydrogen-bond donors (Lipinski definition) is 1. The topological polar surface area (TPSA) is 74.8 Å². The van der Waals surface area contributed by atoms with Gasteiger partial charge in [0.15, 0.2) is 5.82 Å². The van der Waals surface area contributed by atoms with E-state index in [9.17, 15) is 13.6 Å². The van der Waals surface area contributed by atoms with Crippen LogP contribution in [0.5, 0.6) is 0 Å². The highest BCUT2D eigenvalue weighted by Crippen LogP contribution is 2.34. The summed E-state index contributed by atoms with van der Waals surface area (Å²) in [6, 6.07) is 2.55. The van der Waals surface area contributed by atoms with E-state index in [0.717, 1.165) is 24.9 Å². The van der Waals surface area contributed by atoms with Gasteiger partial charge in [0.25, 0.3) is 5.91 Å². The number of nitrogens with one attached hydrogen (secondary N) is 1. The van der Waals surface area contributed by atoms with Gasteiger partial charge in [-0.15, -0.1) is 0 Å². The fraction of sp³-hybridized carbons (Fsp3) is 0.579. The van der Waals surface area contributed by atoms with Crippen molar-refractivity contribution >= 4 is 5.91 Å². The fourth-order valence-corrected chi connectivity index (χ4v) is 4.16. The van der Waals surface area contributed by atoms with Crippen LogP contribution in [0.15, 0.2) is 18.3 Å². The number of carbonyl (C=O) groups excluding carboxylic acids is 1. The molecule has 2 fully saturated rings. The van der Waals surface area contributed by atoms with Gasteiger partial charge in [-0.05, 0) is 25.0 Å². The summed E-state index contributed by atoms with van der Waals surface area (Å²) in [5.41, 5.74) is 0.162. The molecule has 2 aliphatic rings. The predicted molar refractivity (Wildman–Crippen MR) is 94.5 cm³/mol. The summed E-state index contributed by atoms with van der Waals surface area (Å²) in [7, 11) is 0. The average Bonchev–Trinajstić information content (AvgIpc) is 3.35. The van der Waals surface area contributed by atoms with Gasteiger partial charge in [-0.2, -0.15) is 5.10 Å². The van der Waals surface area contributed by atoms with E-state index >= 15 is 0 Å². The van der Waals surface area contributed by atoms with Crippen molar-refractivity contribution < 1.29 is 13.6 Å². The number of rotatable bonds is 4. The van der Waals surface area contributed by atoms with Crippen LogP contribution in [0.3, 0.4) is 0 Å². The number of amides is 1. The van der Waals surface area contributed by atoms with Crippen LogP contribution in [-0.2, 0) is 0 Å². The van der Waals surface area contributed by atoms with Crippen molar-refractivity contribution in [1.82, 2.24) is 25.1 Å². The second kappa shape index (κ2) is 7.70. The quantitative estimate of drug-likeness (QED) is 0.890. The van der Waals surface area contributed by atoms with Crippen LogP contribution in [0.2, 0.25) is 0 Å². The lowest BCUT2D eigenvalue weighted by Crippen LogP contribution is -2.29. The molecule has 6 nitrogen and oxygen atoms in total. The number of H-pyrrole nitrogens is 1. The lowest BCUT2D eigenvalue weighted by atomic mass is 9.89. The van der Waals surface area contributed by atoms with Gasteiger partial charge in [-0.25, -0.2) is 14.4 Å². The van der Waals surface area contributed by atoms with E-state index in [1.54, 1.807) is 4.90 Å². The third kappa shape index (κ3) is 3.70. The van der Waals surface area contributed by atoms with Crippen LogP contribution in [0.25, 0.3) is 0 Å². The Morgan fingerprint density at radius 1 is 1.22 bits per heavy atom. The first-order valence-electron chi connectivity index (χ1n) is 9.54. The summed E-state index contributed by atoms with van der Waals surface area (Å²) in [6.07, 6.45) is 6.84. The van der Waals surface area contributed by atoms with E-state index in [0.29, 0.717) is 24.8 Å². The fourth-order valence-electron chi connectivity index (χ4n) is 4.16. The van der Waals surface area contributed by atoms with Crippen molar-refractivity contribution in [2.24, 2.45) is 5.92 Å². The van der Waals surface area contributed by atoms with Gasteiger partial charge >= 0.3 is 0 Å². The zero-order valence-corrected chi connectivity index (χ0v) is 15.1. The molecule has 1 aliphatic carbocycles. The Morgan fingerprint density at radius 3 is 2.74 bits per heavy atom. The van der Waals surface area contributed by atoms with Gasteiger partial charge in [0.05, 0.1) is 12.9 Å². The van der Waals surface area contributed by atoms with Gasteiger partial charge in [-0.3, -0.25) is 14.3 Å². The molecule has 1 N–H and O–H groups in total. The predicted octanol–water partition coefficient (Wildman–Crippen LogP) is 3.21. The summed E-state index contributed by atoms with van der Waals surface area (Å²) < 4.78 is 26.6. The molecule has 1 saturated carbocycles. The van der Waals surface area contributed by atoms with E-state index in [2.05, 4.69) is 20.2 Å². The number of pyridine rings is 1. The highest BCUT2D eigenvalue weighted by atomic mass is 19.1. The molecule has 1 saturated heterocycles. The van der Waals surface area contributed by atoms with Crippen molar-refractivity contribution in [3.05, 3.63) is 41.5 Å². The van der Waals surface area contributed by atoms with Crippen molar-refractivity contribution in [3.8, 4) is 0 Å². The number of likely N-dealkylation sites (tertiary alicyclic amines) is 1. The molecule has 0 unspecified atom stereocenters. The van der Waals surface area contributed by atoms with Crippen LogP contribution >= 0.6 is 0 Å². The normalized spacial score (nSPS) is 23.7. The zero-order valence-electron chi connectivity index (χ0n) is 15.1. The average molecular weight is 375 g/mol. The number of aromatic nitrogens is 4. The Balaban J connectivity index is 1.49. The summed E-state index contributed by atoms with van der Waals surface area (Å²) in [6.45, 7) is 0.106. The molecule has 0 spiro atoms. The molecule has 0 bridgehead atoms. The highest BCUT2D eigenvalue weighted by Gasteiger charge is 2.39. The van der Waals surface area contributed by atoms with E-state index in [-0.39, 0.29) is 23.4 Å². The maximum Gasteiger partial charge on any atom is 0.272 e. The second-order valence-electron chi connectivity index (χ2n) is 7.51. The van der Waals surface area contributed by atoms with Crippen LogP contribution < -0.4 is 0 Å². The maximum atomic E-state index is 13.6. The first-order chi connectivity index (χ1) is 13.2. The summed E-state index contributed by atoms with van der Waals surface area (Å²) in [5.74, 6) is 0.473. The van der Waals surface area contributed by atoms with Gasteiger partial charge in [0, 0.05) is 30.8 Å². The minimum absolute atomic E-state index is 0.162. The maximum absolute atomic E-state index is 13.6. The Hall–Kier alpha value is -2.38. The van der Waals surface area contributed by atoms with Gasteiger partial charge < -0.3 is 4.90 Å². The Morgan fingerprint density at radius 2 is 2.04 bits per heavy atom. The second-order valence-corrected chi connectivity index (χ2v) is 7.51. The molecule has 4 rings (SSSR count). The van der Waals surface area contributed by atoms with Crippen molar-refractivity contribution in [2.45, 2.75) is 43.9 Å². The van der Waals surface area contributed by atoms with Crippen LogP contribution in [0, 0.1) is 11.7 Å². The number of nitrogens with zero attached hydrogens (tertiary/aromatic N) is 4. The molecule has 2 aromatic heterocycles. The Labute approximate surface area is 156 Å². The molecule has 0 aromatic carbocycles. The zero-order chi connectivity index (χ0) is 18.8. The van der Waals surface area contributed by atoms with Gasteiger partial charge in [0.2, 0.25) is 0 Å². The standard InChI is InChI=1S/C19H23F2N5O/c20-8-13-10-26(19(27)16-7-6-14(21)9-22-16)11-15(13)18-23-17(24-25-18)12-4-2-1-3-5-12/h6-7,9,12-13,15H,1-5,8,10-11H2,(H,23,24,25)/t13-,15-/m1/s1. The molecule has 27 heavy (non-hydrogen) atoms. The van der Waals surface area contributed by atoms with Crippen molar-refractivity contribution in [3.63, 3.8) is 0 Å². The smallest absolute Gasteiger partial charge is 0.272 e. The van der Waals surface area contributed by atoms with Gasteiger partial charge in [-0.1, -0.05) is 19.3 Å². The molecule has 3 heterocycles. The monoisotopic (exact) mass is 375 g/mol. The molecule has 1 aliphatic heterocycles. The minimum atomic E-state index is -0.537. The lowest BCUT2D eigenvalue weighted by molar-refractivity contribution is 0.0778. The molecule has 1 amide bonds. The minimum Gasteiger partial charge on any atom is -0.336 e. The number of aromatic amines is 1. The Bertz CT molecular complexity index is 788. The summed E-state index contributed by atoms with van der Waals surface area (Å²) in [5, 5.41) is 7.36. The van der Waals surface area contributed by atoms with Crippen molar-refractivity contribution in [1.29, 1.82) is 0 Å². The summed E-state index contributed by atoms with van der Waals surface area (Å²) in [4.78, 5) is 22.7. The Kier molecular flexibility index (Phi) is 5.13. The van der Waals surface area contributed by atoms with Crippen LogP contribution in [0.1, 0.15) is 66.1 Å².